The molecule has 0 amide bonds. The van der Waals surface area contributed by atoms with Crippen molar-refractivity contribution < 1.29 is 4.39 Å². The molecule has 0 aliphatic carbocycles. The number of benzene rings is 1. The maximum Gasteiger partial charge on any atom is 0.136 e. The SMILES string of the molecule is CCc1c(Cl)ncnc1-c1cc(F)ccc1C. The molecule has 2 aromatic rings. The quantitative estimate of drug-likeness (QED) is 0.758. The molecular formula is C13H12ClFN2. The molecule has 2 nitrogen and oxygen atoms in total. The van der Waals surface area contributed by atoms with Crippen LogP contribution in [-0.4, -0.2) is 9.97 Å². The third kappa shape index (κ3) is 2.29. The van der Waals surface area contributed by atoms with E-state index in [1.54, 1.807) is 6.07 Å². The van der Waals surface area contributed by atoms with Gasteiger partial charge in [0.25, 0.3) is 0 Å². The number of nitrogens with zero attached hydrogens (tertiary/aromatic N) is 2. The zero-order chi connectivity index (χ0) is 12.4. The standard InChI is InChI=1S/C13H12ClFN2/c1-3-10-12(16-7-17-13(10)14)11-6-9(15)5-4-8(11)2/h4-7H,3H2,1-2H3. The zero-order valence-electron chi connectivity index (χ0n) is 9.67. The van der Waals surface area contributed by atoms with E-state index in [9.17, 15) is 4.39 Å². The summed E-state index contributed by atoms with van der Waals surface area (Å²) < 4.78 is 13.3. The Morgan fingerprint density at radius 3 is 2.76 bits per heavy atom. The van der Waals surface area contributed by atoms with Crippen LogP contribution in [0.2, 0.25) is 5.15 Å². The maximum absolute atomic E-state index is 13.3. The van der Waals surface area contributed by atoms with Gasteiger partial charge in [0.15, 0.2) is 0 Å². The first-order chi connectivity index (χ1) is 8.13. The summed E-state index contributed by atoms with van der Waals surface area (Å²) in [5.74, 6) is -0.276. The van der Waals surface area contributed by atoms with Crippen molar-refractivity contribution in [1.82, 2.24) is 9.97 Å². The second-order valence-electron chi connectivity index (χ2n) is 3.80. The van der Waals surface area contributed by atoms with Crippen LogP contribution in [0.4, 0.5) is 4.39 Å². The fraction of sp³-hybridized carbons (Fsp3) is 0.231. The van der Waals surface area contributed by atoms with E-state index < -0.39 is 0 Å². The molecule has 0 aliphatic rings. The Morgan fingerprint density at radius 2 is 2.06 bits per heavy atom. The largest absolute Gasteiger partial charge is 0.236 e. The molecule has 0 fully saturated rings. The third-order valence-corrected chi connectivity index (χ3v) is 3.03. The van der Waals surface area contributed by atoms with Gasteiger partial charge in [-0.15, -0.1) is 0 Å². The molecule has 0 aliphatic heterocycles. The van der Waals surface area contributed by atoms with Gasteiger partial charge in [-0.1, -0.05) is 24.6 Å². The summed E-state index contributed by atoms with van der Waals surface area (Å²) in [6, 6.07) is 4.65. The summed E-state index contributed by atoms with van der Waals surface area (Å²) in [4.78, 5) is 8.17. The summed E-state index contributed by atoms with van der Waals surface area (Å²) >= 11 is 6.03. The van der Waals surface area contributed by atoms with Crippen molar-refractivity contribution in [3.8, 4) is 11.3 Å². The molecule has 0 spiro atoms. The highest BCUT2D eigenvalue weighted by Crippen LogP contribution is 2.28. The minimum absolute atomic E-state index is 0.276. The highest BCUT2D eigenvalue weighted by atomic mass is 35.5. The van der Waals surface area contributed by atoms with Crippen LogP contribution in [0.25, 0.3) is 11.3 Å². The summed E-state index contributed by atoms with van der Waals surface area (Å²) in [7, 11) is 0. The average molecular weight is 251 g/mol. The number of halogens is 2. The lowest BCUT2D eigenvalue weighted by Crippen LogP contribution is -1.97. The Hall–Kier alpha value is -1.48. The summed E-state index contributed by atoms with van der Waals surface area (Å²) in [6.45, 7) is 3.90. The number of hydrogen-bond donors (Lipinski definition) is 0. The monoisotopic (exact) mass is 250 g/mol. The van der Waals surface area contributed by atoms with E-state index >= 15 is 0 Å². The maximum atomic E-state index is 13.3. The first-order valence-electron chi connectivity index (χ1n) is 5.39. The van der Waals surface area contributed by atoms with Crippen LogP contribution < -0.4 is 0 Å². The Bertz CT molecular complexity index is 555. The molecule has 4 heteroatoms. The van der Waals surface area contributed by atoms with Gasteiger partial charge >= 0.3 is 0 Å². The third-order valence-electron chi connectivity index (χ3n) is 2.70. The molecule has 88 valence electrons. The number of aromatic nitrogens is 2. The Labute approximate surface area is 104 Å². The second-order valence-corrected chi connectivity index (χ2v) is 4.16. The molecule has 0 atom stereocenters. The van der Waals surface area contributed by atoms with E-state index in [1.165, 1.54) is 18.5 Å². The van der Waals surface area contributed by atoms with Crippen LogP contribution in [0, 0.1) is 12.7 Å². The summed E-state index contributed by atoms with van der Waals surface area (Å²) in [5.41, 5.74) is 3.30. The molecule has 0 unspecified atom stereocenters. The normalized spacial score (nSPS) is 10.6. The van der Waals surface area contributed by atoms with E-state index in [-0.39, 0.29) is 5.82 Å². The van der Waals surface area contributed by atoms with Gasteiger partial charge in [-0.3, -0.25) is 0 Å². The van der Waals surface area contributed by atoms with Gasteiger partial charge in [-0.2, -0.15) is 0 Å². The van der Waals surface area contributed by atoms with E-state index in [2.05, 4.69) is 9.97 Å². The van der Waals surface area contributed by atoms with Gasteiger partial charge in [0.2, 0.25) is 0 Å². The molecule has 1 heterocycles. The minimum Gasteiger partial charge on any atom is -0.236 e. The smallest absolute Gasteiger partial charge is 0.136 e. The number of aryl methyl sites for hydroxylation is 1. The Morgan fingerprint density at radius 1 is 1.29 bits per heavy atom. The van der Waals surface area contributed by atoms with E-state index in [1.807, 2.05) is 13.8 Å². The van der Waals surface area contributed by atoms with E-state index in [4.69, 9.17) is 11.6 Å². The predicted molar refractivity (Wildman–Crippen MR) is 66.6 cm³/mol. The first-order valence-corrected chi connectivity index (χ1v) is 5.77. The molecule has 0 radical (unpaired) electrons. The van der Waals surface area contributed by atoms with Crippen molar-refractivity contribution in [2.45, 2.75) is 20.3 Å². The molecule has 2 rings (SSSR count). The minimum atomic E-state index is -0.276. The van der Waals surface area contributed by atoms with Crippen LogP contribution in [0.1, 0.15) is 18.1 Å². The molecule has 0 bridgehead atoms. The fourth-order valence-corrected chi connectivity index (χ4v) is 2.05. The highest BCUT2D eigenvalue weighted by molar-refractivity contribution is 6.30. The van der Waals surface area contributed by atoms with Crippen LogP contribution >= 0.6 is 11.6 Å². The van der Waals surface area contributed by atoms with Crippen molar-refractivity contribution >= 4 is 11.6 Å². The van der Waals surface area contributed by atoms with Crippen molar-refractivity contribution in [2.24, 2.45) is 0 Å². The molecule has 0 N–H and O–H groups in total. The lowest BCUT2D eigenvalue weighted by molar-refractivity contribution is 0.628. The predicted octanol–water partition coefficient (Wildman–Crippen LogP) is 3.81. The van der Waals surface area contributed by atoms with Gasteiger partial charge in [0.05, 0.1) is 5.69 Å². The van der Waals surface area contributed by atoms with Gasteiger partial charge in [-0.05, 0) is 31.0 Å². The van der Waals surface area contributed by atoms with Crippen molar-refractivity contribution in [3.05, 3.63) is 46.6 Å². The topological polar surface area (TPSA) is 25.8 Å². The van der Waals surface area contributed by atoms with Gasteiger partial charge in [-0.25, -0.2) is 14.4 Å². The van der Waals surface area contributed by atoms with Crippen molar-refractivity contribution in [1.29, 1.82) is 0 Å². The summed E-state index contributed by atoms with van der Waals surface area (Å²) in [6.07, 6.45) is 2.12. The van der Waals surface area contributed by atoms with Crippen molar-refractivity contribution in [2.75, 3.05) is 0 Å². The Kier molecular flexibility index (Phi) is 3.38. The molecule has 1 aromatic carbocycles. The number of rotatable bonds is 2. The molecular weight excluding hydrogens is 239 g/mol. The van der Waals surface area contributed by atoms with Gasteiger partial charge in [0.1, 0.15) is 17.3 Å². The molecule has 0 saturated carbocycles. The van der Waals surface area contributed by atoms with Gasteiger partial charge in [0, 0.05) is 11.1 Å². The highest BCUT2D eigenvalue weighted by Gasteiger charge is 2.12. The second kappa shape index (κ2) is 4.80. The molecule has 1 aromatic heterocycles. The lowest BCUT2D eigenvalue weighted by atomic mass is 10.0. The van der Waals surface area contributed by atoms with Crippen LogP contribution in [0.5, 0.6) is 0 Å². The van der Waals surface area contributed by atoms with Gasteiger partial charge < -0.3 is 0 Å². The molecule has 17 heavy (non-hydrogen) atoms. The van der Waals surface area contributed by atoms with E-state index in [0.717, 1.165) is 16.7 Å². The van der Waals surface area contributed by atoms with Crippen LogP contribution in [0.15, 0.2) is 24.5 Å². The van der Waals surface area contributed by atoms with E-state index in [0.29, 0.717) is 17.3 Å². The summed E-state index contributed by atoms with van der Waals surface area (Å²) in [5, 5.41) is 0.432. The Balaban J connectivity index is 2.68. The van der Waals surface area contributed by atoms with Crippen LogP contribution in [0.3, 0.4) is 0 Å². The van der Waals surface area contributed by atoms with Crippen molar-refractivity contribution in [3.63, 3.8) is 0 Å². The first kappa shape index (κ1) is 12.0. The zero-order valence-corrected chi connectivity index (χ0v) is 10.4. The van der Waals surface area contributed by atoms with Crippen LogP contribution in [-0.2, 0) is 6.42 Å². The average Bonchev–Trinajstić information content (AvgIpc) is 2.32. The fourth-order valence-electron chi connectivity index (χ4n) is 1.79. The number of hydrogen-bond acceptors (Lipinski definition) is 2. The lowest BCUT2D eigenvalue weighted by Gasteiger charge is -2.10. The molecule has 0 saturated heterocycles.